The molecule has 2 N–H and O–H groups in total. The van der Waals surface area contributed by atoms with E-state index in [4.69, 9.17) is 5.73 Å². The van der Waals surface area contributed by atoms with Gasteiger partial charge in [-0.25, -0.2) is 4.98 Å². The van der Waals surface area contributed by atoms with Crippen molar-refractivity contribution in [1.82, 2.24) is 4.98 Å². The third kappa shape index (κ3) is 2.88. The molecule has 0 bridgehead atoms. The van der Waals surface area contributed by atoms with Crippen LogP contribution in [0.4, 0.5) is 13.2 Å². The van der Waals surface area contributed by atoms with Crippen LogP contribution in [0, 0.1) is 0 Å². The molecule has 1 aromatic carbocycles. The molecule has 2 nitrogen and oxygen atoms in total. The average molecular weight is 272 g/mol. The van der Waals surface area contributed by atoms with Crippen molar-refractivity contribution in [2.75, 3.05) is 0 Å². The molecule has 0 spiro atoms. The summed E-state index contributed by atoms with van der Waals surface area (Å²) in [6.07, 6.45) is -2.45. The normalized spacial score (nSPS) is 13.6. The van der Waals surface area contributed by atoms with Crippen molar-refractivity contribution >= 4 is 11.3 Å². The molecule has 0 radical (unpaired) electrons. The van der Waals surface area contributed by atoms with Crippen LogP contribution in [-0.4, -0.2) is 4.98 Å². The Bertz CT molecular complexity index is 508. The monoisotopic (exact) mass is 272 g/mol. The Kier molecular flexibility index (Phi) is 3.68. The minimum Gasteiger partial charge on any atom is -0.324 e. The fourth-order valence-electron chi connectivity index (χ4n) is 1.73. The first kappa shape index (κ1) is 13.0. The molecule has 0 amide bonds. The van der Waals surface area contributed by atoms with Gasteiger partial charge in [-0.3, -0.25) is 0 Å². The third-order valence-electron chi connectivity index (χ3n) is 2.54. The van der Waals surface area contributed by atoms with Gasteiger partial charge in [-0.2, -0.15) is 13.2 Å². The van der Waals surface area contributed by atoms with Crippen molar-refractivity contribution < 1.29 is 13.2 Å². The van der Waals surface area contributed by atoms with E-state index in [2.05, 4.69) is 4.98 Å². The van der Waals surface area contributed by atoms with Crippen LogP contribution in [0.1, 0.15) is 22.2 Å². The van der Waals surface area contributed by atoms with E-state index in [9.17, 15) is 13.2 Å². The van der Waals surface area contributed by atoms with Crippen molar-refractivity contribution in [1.29, 1.82) is 0 Å². The summed E-state index contributed by atoms with van der Waals surface area (Å²) in [7, 11) is 0. The lowest BCUT2D eigenvalue weighted by Gasteiger charge is -2.17. The van der Waals surface area contributed by atoms with Crippen molar-refractivity contribution in [3.05, 3.63) is 52.0 Å². The molecule has 0 aliphatic rings. The van der Waals surface area contributed by atoms with E-state index >= 15 is 0 Å². The zero-order chi connectivity index (χ0) is 13.2. The van der Waals surface area contributed by atoms with Crippen molar-refractivity contribution in [3.63, 3.8) is 0 Å². The topological polar surface area (TPSA) is 38.9 Å². The van der Waals surface area contributed by atoms with Gasteiger partial charge in [0.25, 0.3) is 0 Å². The predicted molar refractivity (Wildman–Crippen MR) is 64.2 cm³/mol. The average Bonchev–Trinajstić information content (AvgIpc) is 2.80. The molecule has 2 rings (SSSR count). The molecular formula is C12H11F3N2S. The molecule has 1 heterocycles. The van der Waals surface area contributed by atoms with Gasteiger partial charge in [-0.05, 0) is 11.6 Å². The molecule has 1 unspecified atom stereocenters. The maximum atomic E-state index is 12.8. The Balaban J connectivity index is 2.27. The standard InChI is InChI=1S/C12H11F3N2S/c13-12(14,15)9-4-2-1-3-8(9)10(16)7-11-17-5-6-18-11/h1-6,10H,7,16H2. The molecule has 0 saturated carbocycles. The zero-order valence-electron chi connectivity index (χ0n) is 9.32. The minimum absolute atomic E-state index is 0.111. The Hall–Kier alpha value is -1.40. The molecule has 1 aromatic heterocycles. The van der Waals surface area contributed by atoms with Crippen molar-refractivity contribution in [3.8, 4) is 0 Å². The van der Waals surface area contributed by atoms with Gasteiger partial charge in [0.1, 0.15) is 0 Å². The molecule has 0 aliphatic carbocycles. The van der Waals surface area contributed by atoms with Gasteiger partial charge in [-0.15, -0.1) is 11.3 Å². The van der Waals surface area contributed by atoms with Gasteiger partial charge in [0.05, 0.1) is 10.6 Å². The van der Waals surface area contributed by atoms with Crippen LogP contribution in [0.2, 0.25) is 0 Å². The van der Waals surface area contributed by atoms with Gasteiger partial charge in [-0.1, -0.05) is 18.2 Å². The number of nitrogens with two attached hydrogens (primary N) is 1. The summed E-state index contributed by atoms with van der Waals surface area (Å²) < 4.78 is 38.5. The quantitative estimate of drug-likeness (QED) is 0.930. The van der Waals surface area contributed by atoms with E-state index < -0.39 is 17.8 Å². The first-order chi connectivity index (χ1) is 8.48. The van der Waals surface area contributed by atoms with Crippen LogP contribution < -0.4 is 5.73 Å². The van der Waals surface area contributed by atoms with Gasteiger partial charge in [0.2, 0.25) is 0 Å². The number of hydrogen-bond donors (Lipinski definition) is 1. The highest BCUT2D eigenvalue weighted by molar-refractivity contribution is 7.09. The lowest BCUT2D eigenvalue weighted by Crippen LogP contribution is -2.19. The van der Waals surface area contributed by atoms with Gasteiger partial charge in [0, 0.05) is 24.0 Å². The highest BCUT2D eigenvalue weighted by Crippen LogP contribution is 2.34. The number of alkyl halides is 3. The maximum Gasteiger partial charge on any atom is 0.416 e. The van der Waals surface area contributed by atoms with Crippen LogP contribution >= 0.6 is 11.3 Å². The summed E-state index contributed by atoms with van der Waals surface area (Å²) in [6, 6.07) is 4.70. The first-order valence-electron chi connectivity index (χ1n) is 5.28. The molecular weight excluding hydrogens is 261 g/mol. The van der Waals surface area contributed by atoms with Crippen LogP contribution in [-0.2, 0) is 12.6 Å². The summed E-state index contributed by atoms with van der Waals surface area (Å²) in [5.41, 5.74) is 5.29. The second-order valence-corrected chi connectivity index (χ2v) is 4.80. The second kappa shape index (κ2) is 5.07. The molecule has 0 aliphatic heterocycles. The zero-order valence-corrected chi connectivity index (χ0v) is 10.1. The molecule has 6 heteroatoms. The van der Waals surface area contributed by atoms with E-state index in [1.54, 1.807) is 17.6 Å². The van der Waals surface area contributed by atoms with Crippen LogP contribution in [0.3, 0.4) is 0 Å². The number of rotatable bonds is 3. The summed E-state index contributed by atoms with van der Waals surface area (Å²) in [4.78, 5) is 4.03. The predicted octanol–water partition coefficient (Wildman–Crippen LogP) is 3.40. The fraction of sp³-hybridized carbons (Fsp3) is 0.250. The lowest BCUT2D eigenvalue weighted by atomic mass is 9.98. The number of hydrogen-bond acceptors (Lipinski definition) is 3. The second-order valence-electron chi connectivity index (χ2n) is 3.82. The van der Waals surface area contributed by atoms with E-state index in [-0.39, 0.29) is 5.56 Å². The van der Waals surface area contributed by atoms with Crippen LogP contribution in [0.15, 0.2) is 35.8 Å². The smallest absolute Gasteiger partial charge is 0.324 e. The SMILES string of the molecule is NC(Cc1nccs1)c1ccccc1C(F)(F)F. The van der Waals surface area contributed by atoms with E-state index in [0.717, 1.165) is 11.1 Å². The number of halogens is 3. The van der Waals surface area contributed by atoms with E-state index in [1.165, 1.54) is 23.5 Å². The summed E-state index contributed by atoms with van der Waals surface area (Å²) in [6.45, 7) is 0. The maximum absolute atomic E-state index is 12.8. The third-order valence-corrected chi connectivity index (χ3v) is 3.35. The Morgan fingerprint density at radius 1 is 1.28 bits per heavy atom. The van der Waals surface area contributed by atoms with Gasteiger partial charge >= 0.3 is 6.18 Å². The first-order valence-corrected chi connectivity index (χ1v) is 6.16. The lowest BCUT2D eigenvalue weighted by molar-refractivity contribution is -0.138. The number of benzene rings is 1. The molecule has 1 atom stereocenters. The summed E-state index contributed by atoms with van der Waals surface area (Å²) in [5, 5.41) is 2.51. The number of nitrogens with zero attached hydrogens (tertiary/aromatic N) is 1. The summed E-state index contributed by atoms with van der Waals surface area (Å²) in [5.74, 6) is 0. The highest BCUT2D eigenvalue weighted by Gasteiger charge is 2.34. The van der Waals surface area contributed by atoms with E-state index in [0.29, 0.717) is 6.42 Å². The Morgan fingerprint density at radius 3 is 2.61 bits per heavy atom. The van der Waals surface area contributed by atoms with Gasteiger partial charge in [0.15, 0.2) is 0 Å². The Morgan fingerprint density at radius 2 is 2.00 bits per heavy atom. The molecule has 18 heavy (non-hydrogen) atoms. The molecule has 96 valence electrons. The largest absolute Gasteiger partial charge is 0.416 e. The number of aromatic nitrogens is 1. The number of thiazole rings is 1. The summed E-state index contributed by atoms with van der Waals surface area (Å²) >= 11 is 1.39. The van der Waals surface area contributed by atoms with Crippen molar-refractivity contribution in [2.45, 2.75) is 18.6 Å². The molecule has 0 fully saturated rings. The fourth-order valence-corrected chi connectivity index (χ4v) is 2.41. The minimum atomic E-state index is -4.38. The van der Waals surface area contributed by atoms with Gasteiger partial charge < -0.3 is 5.73 Å². The molecule has 0 saturated heterocycles. The van der Waals surface area contributed by atoms with Crippen LogP contribution in [0.5, 0.6) is 0 Å². The Labute approximate surface area is 106 Å². The highest BCUT2D eigenvalue weighted by atomic mass is 32.1. The molecule has 2 aromatic rings. The van der Waals surface area contributed by atoms with Crippen molar-refractivity contribution in [2.24, 2.45) is 5.73 Å². The van der Waals surface area contributed by atoms with Crippen LogP contribution in [0.25, 0.3) is 0 Å². The van der Waals surface area contributed by atoms with E-state index in [1.807, 2.05) is 0 Å².